The van der Waals surface area contributed by atoms with Crippen LogP contribution in [0.15, 0.2) is 22.9 Å². The van der Waals surface area contributed by atoms with Crippen LogP contribution in [0.1, 0.15) is 12.8 Å². The zero-order chi connectivity index (χ0) is 15.1. The van der Waals surface area contributed by atoms with Crippen LogP contribution in [0, 0.1) is 5.92 Å². The molecule has 2 fully saturated rings. The quantitative estimate of drug-likeness (QED) is 0.815. The van der Waals surface area contributed by atoms with Crippen molar-refractivity contribution in [2.45, 2.75) is 18.9 Å². The fraction of sp³-hybridized carbons (Fsp3) is 0.500. The number of amides is 1. The van der Waals surface area contributed by atoms with Crippen molar-refractivity contribution in [3.05, 3.63) is 22.9 Å². The molecule has 4 heterocycles. The third-order valence-corrected chi connectivity index (χ3v) is 4.83. The summed E-state index contributed by atoms with van der Waals surface area (Å²) in [7, 11) is 0. The molecule has 2 aromatic heterocycles. The Bertz CT molecular complexity index is 713. The van der Waals surface area contributed by atoms with Gasteiger partial charge in [0, 0.05) is 19.4 Å². The second kappa shape index (κ2) is 5.51. The third kappa shape index (κ3) is 2.26. The average molecular weight is 367 g/mol. The number of cyclic esters (lactones) is 1. The number of fused-ring (bicyclic) bond motifs is 1. The van der Waals surface area contributed by atoms with Crippen molar-refractivity contribution in [2.75, 3.05) is 24.7 Å². The summed E-state index contributed by atoms with van der Waals surface area (Å²) in [5.74, 6) is 0.985. The maximum absolute atomic E-state index is 12.2. The highest BCUT2D eigenvalue weighted by atomic mass is 79.9. The number of halogens is 1. The predicted molar refractivity (Wildman–Crippen MR) is 81.8 cm³/mol. The summed E-state index contributed by atoms with van der Waals surface area (Å²) in [4.78, 5) is 18.4. The van der Waals surface area contributed by atoms with Crippen LogP contribution in [-0.2, 0) is 9.47 Å². The number of rotatable bonds is 2. The number of carbonyl (C=O) groups excluding carboxylic acids is 1. The van der Waals surface area contributed by atoms with Crippen molar-refractivity contribution >= 4 is 33.5 Å². The van der Waals surface area contributed by atoms with E-state index in [0.29, 0.717) is 24.0 Å². The van der Waals surface area contributed by atoms with E-state index in [2.05, 4.69) is 26.0 Å². The van der Waals surface area contributed by atoms with Gasteiger partial charge in [0.2, 0.25) is 0 Å². The topological polar surface area (TPSA) is 69.0 Å². The van der Waals surface area contributed by atoms with Gasteiger partial charge in [-0.1, -0.05) is 0 Å². The molecule has 4 rings (SSSR count). The van der Waals surface area contributed by atoms with E-state index in [0.717, 1.165) is 30.5 Å². The molecule has 1 atom stereocenters. The molecule has 0 spiro atoms. The summed E-state index contributed by atoms with van der Waals surface area (Å²) < 4.78 is 13.2. The Labute approximate surface area is 135 Å². The molecule has 0 aromatic carbocycles. The maximum atomic E-state index is 12.2. The molecule has 0 bridgehead atoms. The van der Waals surface area contributed by atoms with Gasteiger partial charge in [0.15, 0.2) is 5.65 Å². The zero-order valence-electron chi connectivity index (χ0n) is 11.8. The standard InChI is InChI=1S/C14H15BrN4O3/c15-10-7-16-18-4-1-12(17-13(10)18)19-11(8-22-14(19)20)9-2-5-21-6-3-9/h1,4,7,9,11H,2-3,5-6,8H2. The smallest absolute Gasteiger partial charge is 0.415 e. The van der Waals surface area contributed by atoms with Gasteiger partial charge >= 0.3 is 6.09 Å². The SMILES string of the molecule is O=C1OCC(C2CCOCC2)N1c1ccn2ncc(Br)c2n1. The molecule has 2 aliphatic rings. The molecule has 0 aliphatic carbocycles. The molecule has 0 radical (unpaired) electrons. The molecule has 1 unspecified atom stereocenters. The zero-order valence-corrected chi connectivity index (χ0v) is 13.4. The molecule has 7 nitrogen and oxygen atoms in total. The first-order valence-electron chi connectivity index (χ1n) is 7.27. The summed E-state index contributed by atoms with van der Waals surface area (Å²) in [5.41, 5.74) is 0.683. The van der Waals surface area contributed by atoms with Gasteiger partial charge in [-0.2, -0.15) is 5.10 Å². The first kappa shape index (κ1) is 14.0. The Kier molecular flexibility index (Phi) is 3.50. The number of nitrogens with zero attached hydrogens (tertiary/aromatic N) is 4. The Morgan fingerprint density at radius 2 is 2.14 bits per heavy atom. The van der Waals surface area contributed by atoms with E-state index >= 15 is 0 Å². The molecule has 116 valence electrons. The minimum absolute atomic E-state index is 0.0213. The molecular formula is C14H15BrN4O3. The Balaban J connectivity index is 1.69. The number of carbonyl (C=O) groups is 1. The van der Waals surface area contributed by atoms with Crippen LogP contribution < -0.4 is 4.90 Å². The second-order valence-corrected chi connectivity index (χ2v) is 6.36. The second-order valence-electron chi connectivity index (χ2n) is 5.51. The van der Waals surface area contributed by atoms with Gasteiger partial charge in [-0.05, 0) is 40.8 Å². The van der Waals surface area contributed by atoms with Gasteiger partial charge in [-0.25, -0.2) is 14.3 Å². The van der Waals surface area contributed by atoms with Crippen LogP contribution in [0.3, 0.4) is 0 Å². The molecule has 2 aromatic rings. The van der Waals surface area contributed by atoms with Crippen LogP contribution >= 0.6 is 15.9 Å². The van der Waals surface area contributed by atoms with E-state index in [-0.39, 0.29) is 12.1 Å². The van der Waals surface area contributed by atoms with Crippen molar-refractivity contribution in [3.8, 4) is 0 Å². The lowest BCUT2D eigenvalue weighted by Gasteiger charge is -2.30. The maximum Gasteiger partial charge on any atom is 0.415 e. The van der Waals surface area contributed by atoms with Crippen molar-refractivity contribution in [3.63, 3.8) is 0 Å². The number of aromatic nitrogens is 3. The van der Waals surface area contributed by atoms with Gasteiger partial charge in [-0.3, -0.25) is 4.90 Å². The van der Waals surface area contributed by atoms with E-state index in [1.165, 1.54) is 0 Å². The summed E-state index contributed by atoms with van der Waals surface area (Å²) in [6, 6.07) is 1.82. The van der Waals surface area contributed by atoms with Gasteiger partial charge in [0.1, 0.15) is 12.4 Å². The van der Waals surface area contributed by atoms with Crippen molar-refractivity contribution in [1.82, 2.24) is 14.6 Å². The van der Waals surface area contributed by atoms with Crippen LogP contribution in [0.4, 0.5) is 10.6 Å². The third-order valence-electron chi connectivity index (χ3n) is 4.27. The molecular weight excluding hydrogens is 352 g/mol. The lowest BCUT2D eigenvalue weighted by atomic mass is 9.91. The van der Waals surface area contributed by atoms with Crippen molar-refractivity contribution in [2.24, 2.45) is 5.92 Å². The van der Waals surface area contributed by atoms with E-state index in [4.69, 9.17) is 9.47 Å². The number of hydrogen-bond acceptors (Lipinski definition) is 5. The predicted octanol–water partition coefficient (Wildman–Crippen LogP) is 2.24. The molecule has 8 heteroatoms. The number of ether oxygens (including phenoxy) is 2. The number of anilines is 1. The van der Waals surface area contributed by atoms with Crippen LogP contribution in [0.25, 0.3) is 5.65 Å². The van der Waals surface area contributed by atoms with Crippen molar-refractivity contribution in [1.29, 1.82) is 0 Å². The van der Waals surface area contributed by atoms with Gasteiger partial charge < -0.3 is 9.47 Å². The first-order valence-corrected chi connectivity index (χ1v) is 8.07. The minimum Gasteiger partial charge on any atom is -0.447 e. The van der Waals surface area contributed by atoms with Gasteiger partial charge in [-0.15, -0.1) is 0 Å². The molecule has 2 saturated heterocycles. The van der Waals surface area contributed by atoms with E-state index in [1.54, 1.807) is 27.9 Å². The molecule has 0 N–H and O–H groups in total. The fourth-order valence-corrected chi connectivity index (χ4v) is 3.47. The highest BCUT2D eigenvalue weighted by Crippen LogP contribution is 2.31. The van der Waals surface area contributed by atoms with Gasteiger partial charge in [0.05, 0.1) is 16.7 Å². The molecule has 2 aliphatic heterocycles. The lowest BCUT2D eigenvalue weighted by molar-refractivity contribution is 0.0564. The van der Waals surface area contributed by atoms with E-state index in [1.807, 2.05) is 0 Å². The Morgan fingerprint density at radius 1 is 1.32 bits per heavy atom. The highest BCUT2D eigenvalue weighted by molar-refractivity contribution is 9.10. The van der Waals surface area contributed by atoms with E-state index in [9.17, 15) is 4.79 Å². The van der Waals surface area contributed by atoms with Crippen molar-refractivity contribution < 1.29 is 14.3 Å². The highest BCUT2D eigenvalue weighted by Gasteiger charge is 2.40. The Morgan fingerprint density at radius 3 is 2.95 bits per heavy atom. The minimum atomic E-state index is -0.330. The summed E-state index contributed by atoms with van der Waals surface area (Å²) in [5, 5.41) is 4.17. The van der Waals surface area contributed by atoms with Crippen LogP contribution in [-0.4, -0.2) is 46.6 Å². The number of hydrogen-bond donors (Lipinski definition) is 0. The van der Waals surface area contributed by atoms with Crippen LogP contribution in [0.5, 0.6) is 0 Å². The normalized spacial score (nSPS) is 23.2. The summed E-state index contributed by atoms with van der Waals surface area (Å²) >= 11 is 3.42. The first-order chi connectivity index (χ1) is 10.7. The largest absolute Gasteiger partial charge is 0.447 e. The molecule has 1 amide bonds. The Hall–Kier alpha value is -1.67. The summed E-state index contributed by atoms with van der Waals surface area (Å²) in [6.45, 7) is 1.89. The monoisotopic (exact) mass is 366 g/mol. The van der Waals surface area contributed by atoms with E-state index < -0.39 is 0 Å². The average Bonchev–Trinajstić information content (AvgIpc) is 3.11. The molecule has 0 saturated carbocycles. The molecule has 22 heavy (non-hydrogen) atoms. The lowest BCUT2D eigenvalue weighted by Crippen LogP contribution is -2.41. The summed E-state index contributed by atoms with van der Waals surface area (Å²) in [6.07, 6.45) is 5.04. The van der Waals surface area contributed by atoms with Crippen LogP contribution in [0.2, 0.25) is 0 Å². The fourth-order valence-electron chi connectivity index (χ4n) is 3.11. The van der Waals surface area contributed by atoms with Gasteiger partial charge in [0.25, 0.3) is 0 Å².